The quantitative estimate of drug-likeness (QED) is 0.651. The van der Waals surface area contributed by atoms with Crippen LogP contribution in [0.2, 0.25) is 0 Å². The Bertz CT molecular complexity index is 240. The van der Waals surface area contributed by atoms with Crippen LogP contribution in [0.3, 0.4) is 0 Å². The zero-order chi connectivity index (χ0) is 12.8. The molecule has 0 aromatic carbocycles. The predicted molar refractivity (Wildman–Crippen MR) is 68.9 cm³/mol. The van der Waals surface area contributed by atoms with Gasteiger partial charge in [0.05, 0.1) is 7.11 Å². The van der Waals surface area contributed by atoms with Crippen molar-refractivity contribution in [3.63, 3.8) is 0 Å². The van der Waals surface area contributed by atoms with Gasteiger partial charge in [-0.3, -0.25) is 9.69 Å². The van der Waals surface area contributed by atoms with Crippen molar-refractivity contribution < 1.29 is 9.53 Å². The Balaban J connectivity index is 2.50. The van der Waals surface area contributed by atoms with Crippen molar-refractivity contribution in [2.24, 2.45) is 5.92 Å². The second kappa shape index (κ2) is 6.97. The molecule has 1 rings (SSSR count). The van der Waals surface area contributed by atoms with Crippen LogP contribution in [-0.4, -0.2) is 49.7 Å². The van der Waals surface area contributed by atoms with Crippen molar-refractivity contribution in [2.75, 3.05) is 26.7 Å². The summed E-state index contributed by atoms with van der Waals surface area (Å²) in [7, 11) is 1.45. The topological polar surface area (TPSA) is 41.6 Å². The van der Waals surface area contributed by atoms with Gasteiger partial charge in [-0.1, -0.05) is 6.92 Å². The first kappa shape index (κ1) is 14.5. The Morgan fingerprint density at radius 2 is 2.12 bits per heavy atom. The molecule has 0 aromatic rings. The van der Waals surface area contributed by atoms with E-state index in [1.54, 1.807) is 0 Å². The number of hydrogen-bond donors (Lipinski definition) is 1. The molecule has 1 N–H and O–H groups in total. The van der Waals surface area contributed by atoms with Gasteiger partial charge in [-0.05, 0) is 39.2 Å². The van der Waals surface area contributed by atoms with Gasteiger partial charge in [0.1, 0.15) is 6.04 Å². The number of nitrogens with one attached hydrogen (secondary N) is 1. The van der Waals surface area contributed by atoms with Crippen molar-refractivity contribution in [3.05, 3.63) is 0 Å². The highest BCUT2D eigenvalue weighted by atomic mass is 16.5. The van der Waals surface area contributed by atoms with E-state index in [9.17, 15) is 4.79 Å². The lowest BCUT2D eigenvalue weighted by Crippen LogP contribution is -2.49. The highest BCUT2D eigenvalue weighted by molar-refractivity contribution is 5.75. The van der Waals surface area contributed by atoms with Gasteiger partial charge in [-0.25, -0.2) is 0 Å². The monoisotopic (exact) mass is 242 g/mol. The Labute approximate surface area is 105 Å². The predicted octanol–water partition coefficient (Wildman–Crippen LogP) is 1.26. The Kier molecular flexibility index (Phi) is 5.92. The molecule has 0 aliphatic heterocycles. The number of likely N-dealkylation sites (N-methyl/N-ethyl adjacent to an activating group) is 1. The van der Waals surface area contributed by atoms with Crippen LogP contribution >= 0.6 is 0 Å². The summed E-state index contributed by atoms with van der Waals surface area (Å²) >= 11 is 0. The number of carbonyl (C=O) groups excluding carboxylic acids is 1. The molecule has 100 valence electrons. The summed E-state index contributed by atoms with van der Waals surface area (Å²) < 4.78 is 4.84. The van der Waals surface area contributed by atoms with E-state index in [-0.39, 0.29) is 12.0 Å². The first-order chi connectivity index (χ1) is 8.08. The van der Waals surface area contributed by atoms with Crippen LogP contribution in [0.5, 0.6) is 0 Å². The van der Waals surface area contributed by atoms with Gasteiger partial charge in [0.2, 0.25) is 0 Å². The molecule has 0 heterocycles. The largest absolute Gasteiger partial charge is 0.468 e. The second-order valence-electron chi connectivity index (χ2n) is 5.12. The van der Waals surface area contributed by atoms with E-state index in [1.807, 2.05) is 6.92 Å². The first-order valence-corrected chi connectivity index (χ1v) is 6.63. The fourth-order valence-corrected chi connectivity index (χ4v) is 1.97. The highest BCUT2D eigenvalue weighted by Gasteiger charge is 2.28. The minimum absolute atomic E-state index is 0.159. The van der Waals surface area contributed by atoms with Gasteiger partial charge >= 0.3 is 5.97 Å². The summed E-state index contributed by atoms with van der Waals surface area (Å²) in [6.07, 6.45) is 2.68. The van der Waals surface area contributed by atoms with Crippen LogP contribution in [0, 0.1) is 5.92 Å². The first-order valence-electron chi connectivity index (χ1n) is 6.63. The third kappa shape index (κ3) is 5.04. The zero-order valence-electron chi connectivity index (χ0n) is 11.5. The fraction of sp³-hybridized carbons (Fsp3) is 0.923. The summed E-state index contributed by atoms with van der Waals surface area (Å²) in [4.78, 5) is 14.0. The Morgan fingerprint density at radius 1 is 1.47 bits per heavy atom. The molecule has 0 spiro atoms. The van der Waals surface area contributed by atoms with Crippen molar-refractivity contribution in [3.8, 4) is 0 Å². The van der Waals surface area contributed by atoms with Gasteiger partial charge < -0.3 is 10.1 Å². The SMILES string of the molecule is CCNC(CN(CC1CC1)C(C)C)C(=O)OC. The molecule has 1 atom stereocenters. The Morgan fingerprint density at radius 3 is 2.53 bits per heavy atom. The van der Waals surface area contributed by atoms with Gasteiger partial charge in [-0.2, -0.15) is 0 Å². The van der Waals surface area contributed by atoms with Gasteiger partial charge in [0.15, 0.2) is 0 Å². The molecule has 0 bridgehead atoms. The molecule has 4 nitrogen and oxygen atoms in total. The number of esters is 1. The molecule has 0 saturated heterocycles. The second-order valence-corrected chi connectivity index (χ2v) is 5.12. The molecule has 0 radical (unpaired) electrons. The van der Waals surface area contributed by atoms with Crippen LogP contribution in [0.4, 0.5) is 0 Å². The third-order valence-corrected chi connectivity index (χ3v) is 3.27. The van der Waals surface area contributed by atoms with Gasteiger partial charge in [-0.15, -0.1) is 0 Å². The van der Waals surface area contributed by atoms with E-state index in [4.69, 9.17) is 4.74 Å². The smallest absolute Gasteiger partial charge is 0.324 e. The molecular formula is C13H26N2O2. The fourth-order valence-electron chi connectivity index (χ4n) is 1.97. The molecule has 1 saturated carbocycles. The minimum Gasteiger partial charge on any atom is -0.468 e. The molecular weight excluding hydrogens is 216 g/mol. The summed E-state index contributed by atoms with van der Waals surface area (Å²) in [6, 6.07) is 0.271. The maximum Gasteiger partial charge on any atom is 0.324 e. The summed E-state index contributed by atoms with van der Waals surface area (Å²) in [5.74, 6) is 0.686. The molecule has 1 aliphatic rings. The van der Waals surface area contributed by atoms with Gasteiger partial charge in [0.25, 0.3) is 0 Å². The Hall–Kier alpha value is -0.610. The van der Waals surface area contributed by atoms with E-state index in [0.29, 0.717) is 6.04 Å². The molecule has 0 aromatic heterocycles. The number of rotatable bonds is 8. The van der Waals surface area contributed by atoms with Crippen molar-refractivity contribution in [2.45, 2.75) is 45.7 Å². The van der Waals surface area contributed by atoms with Crippen LogP contribution in [-0.2, 0) is 9.53 Å². The lowest BCUT2D eigenvalue weighted by molar-refractivity contribution is -0.143. The molecule has 1 unspecified atom stereocenters. The maximum absolute atomic E-state index is 11.7. The zero-order valence-corrected chi connectivity index (χ0v) is 11.5. The van der Waals surface area contributed by atoms with Crippen molar-refractivity contribution in [1.82, 2.24) is 10.2 Å². The number of nitrogens with zero attached hydrogens (tertiary/aromatic N) is 1. The van der Waals surface area contributed by atoms with Crippen molar-refractivity contribution >= 4 is 5.97 Å². The van der Waals surface area contributed by atoms with E-state index in [1.165, 1.54) is 20.0 Å². The number of hydrogen-bond acceptors (Lipinski definition) is 4. The normalized spacial score (nSPS) is 17.5. The standard InChI is InChI=1S/C13H26N2O2/c1-5-14-12(13(16)17-4)9-15(10(2)3)8-11-6-7-11/h10-12,14H,5-9H2,1-4H3. The summed E-state index contributed by atoms with van der Waals surface area (Å²) in [5.41, 5.74) is 0. The van der Waals surface area contributed by atoms with Crippen LogP contribution in [0.1, 0.15) is 33.6 Å². The summed E-state index contributed by atoms with van der Waals surface area (Å²) in [5, 5.41) is 3.20. The van der Waals surface area contributed by atoms with Crippen LogP contribution in [0.25, 0.3) is 0 Å². The third-order valence-electron chi connectivity index (χ3n) is 3.27. The molecule has 1 aliphatic carbocycles. The van der Waals surface area contributed by atoms with E-state index in [2.05, 4.69) is 24.1 Å². The van der Waals surface area contributed by atoms with E-state index >= 15 is 0 Å². The molecule has 4 heteroatoms. The molecule has 17 heavy (non-hydrogen) atoms. The molecule has 0 amide bonds. The lowest BCUT2D eigenvalue weighted by Gasteiger charge is -2.30. The van der Waals surface area contributed by atoms with Crippen LogP contribution < -0.4 is 5.32 Å². The van der Waals surface area contributed by atoms with Crippen molar-refractivity contribution in [1.29, 1.82) is 0 Å². The minimum atomic E-state index is -0.203. The van der Waals surface area contributed by atoms with E-state index < -0.39 is 0 Å². The van der Waals surface area contributed by atoms with Crippen LogP contribution in [0.15, 0.2) is 0 Å². The number of methoxy groups -OCH3 is 1. The lowest BCUT2D eigenvalue weighted by atomic mass is 10.2. The average Bonchev–Trinajstić information content (AvgIpc) is 3.09. The molecule has 1 fully saturated rings. The number of ether oxygens (including phenoxy) is 1. The number of carbonyl (C=O) groups is 1. The van der Waals surface area contributed by atoms with E-state index in [0.717, 1.165) is 25.6 Å². The van der Waals surface area contributed by atoms with Gasteiger partial charge in [0, 0.05) is 19.1 Å². The average molecular weight is 242 g/mol. The summed E-state index contributed by atoms with van der Waals surface area (Å²) in [6.45, 7) is 9.02. The highest BCUT2D eigenvalue weighted by Crippen LogP contribution is 2.30. The maximum atomic E-state index is 11.7.